The van der Waals surface area contributed by atoms with Crippen LogP contribution in [-0.4, -0.2) is 6.54 Å². The van der Waals surface area contributed by atoms with Crippen LogP contribution in [0, 0.1) is 5.82 Å². The van der Waals surface area contributed by atoms with Gasteiger partial charge in [0.15, 0.2) is 0 Å². The van der Waals surface area contributed by atoms with Crippen molar-refractivity contribution in [3.8, 4) is 0 Å². The monoisotopic (exact) mass is 315 g/mol. The number of hydrogen-bond donors (Lipinski definition) is 1. The average molecular weight is 316 g/mol. The molecule has 0 aliphatic heterocycles. The maximum atomic E-state index is 13.2. The highest BCUT2D eigenvalue weighted by molar-refractivity contribution is 7.99. The minimum Gasteiger partial charge on any atom is -0.330 e. The topological polar surface area (TPSA) is 26.0 Å². The van der Waals surface area contributed by atoms with Crippen molar-refractivity contribution in [2.75, 3.05) is 6.54 Å². The number of nitrogens with two attached hydrogens (primary N) is 1. The van der Waals surface area contributed by atoms with E-state index >= 15 is 0 Å². The van der Waals surface area contributed by atoms with Gasteiger partial charge in [-0.25, -0.2) is 4.39 Å². The van der Waals surface area contributed by atoms with Gasteiger partial charge in [0.1, 0.15) is 5.82 Å². The molecule has 19 heavy (non-hydrogen) atoms. The lowest BCUT2D eigenvalue weighted by Gasteiger charge is -2.09. The summed E-state index contributed by atoms with van der Waals surface area (Å²) in [5.74, 6) is -0.248. The molecule has 2 rings (SSSR count). The van der Waals surface area contributed by atoms with Crippen LogP contribution < -0.4 is 5.73 Å². The molecule has 1 nitrogen and oxygen atoms in total. The fourth-order valence-corrected chi connectivity index (χ4v) is 3.02. The molecule has 100 valence electrons. The molecule has 0 bridgehead atoms. The van der Waals surface area contributed by atoms with E-state index in [1.807, 2.05) is 6.07 Å². The van der Waals surface area contributed by atoms with Crippen LogP contribution in [0.3, 0.4) is 0 Å². The fourth-order valence-electron chi connectivity index (χ4n) is 1.67. The van der Waals surface area contributed by atoms with Crippen molar-refractivity contribution >= 4 is 35.0 Å². The Morgan fingerprint density at radius 3 is 2.53 bits per heavy atom. The van der Waals surface area contributed by atoms with Crippen molar-refractivity contribution in [1.82, 2.24) is 0 Å². The smallest absolute Gasteiger partial charge is 0.123 e. The summed E-state index contributed by atoms with van der Waals surface area (Å²) in [5, 5.41) is 1.03. The van der Waals surface area contributed by atoms with E-state index in [1.165, 1.54) is 23.9 Å². The lowest BCUT2D eigenvalue weighted by atomic mass is 10.1. The molecule has 0 saturated heterocycles. The third kappa shape index (κ3) is 3.86. The van der Waals surface area contributed by atoms with Crippen LogP contribution in [0.5, 0.6) is 0 Å². The molecule has 0 saturated carbocycles. The number of rotatable bonds is 4. The van der Waals surface area contributed by atoms with Gasteiger partial charge in [-0.3, -0.25) is 0 Å². The molecule has 2 aromatic carbocycles. The first kappa shape index (κ1) is 14.7. The zero-order chi connectivity index (χ0) is 13.8. The number of benzene rings is 2. The number of halogens is 3. The van der Waals surface area contributed by atoms with E-state index in [9.17, 15) is 4.39 Å². The Morgan fingerprint density at radius 1 is 1.05 bits per heavy atom. The zero-order valence-electron chi connectivity index (χ0n) is 10.00. The molecule has 0 heterocycles. The summed E-state index contributed by atoms with van der Waals surface area (Å²) in [7, 11) is 0. The lowest BCUT2D eigenvalue weighted by Crippen LogP contribution is -2.04. The Balaban J connectivity index is 2.29. The standard InChI is InChI=1S/C14H12Cl2FNS/c15-12-3-2-11(8-13(12)16)19-14-4-1-10(17)7-9(14)5-6-18/h1-4,7-8H,5-6,18H2. The molecular formula is C14H12Cl2FNS. The minimum atomic E-state index is -0.248. The van der Waals surface area contributed by atoms with Crippen LogP contribution in [0.15, 0.2) is 46.2 Å². The van der Waals surface area contributed by atoms with E-state index in [1.54, 1.807) is 18.2 Å². The molecule has 0 unspecified atom stereocenters. The summed E-state index contributed by atoms with van der Waals surface area (Å²) in [6, 6.07) is 10.1. The second-order valence-corrected chi connectivity index (χ2v) is 5.90. The van der Waals surface area contributed by atoms with Gasteiger partial charge in [-0.1, -0.05) is 35.0 Å². The Morgan fingerprint density at radius 2 is 1.84 bits per heavy atom. The van der Waals surface area contributed by atoms with Gasteiger partial charge in [0.2, 0.25) is 0 Å². The fraction of sp³-hybridized carbons (Fsp3) is 0.143. The van der Waals surface area contributed by atoms with Crippen molar-refractivity contribution in [3.63, 3.8) is 0 Å². The highest BCUT2D eigenvalue weighted by Crippen LogP contribution is 2.34. The van der Waals surface area contributed by atoms with Gasteiger partial charge in [0.05, 0.1) is 10.0 Å². The summed E-state index contributed by atoms with van der Waals surface area (Å²) in [4.78, 5) is 1.93. The van der Waals surface area contributed by atoms with Crippen molar-refractivity contribution < 1.29 is 4.39 Å². The van der Waals surface area contributed by atoms with Gasteiger partial charge in [0, 0.05) is 9.79 Å². The molecule has 0 spiro atoms. The van der Waals surface area contributed by atoms with Crippen LogP contribution in [0.25, 0.3) is 0 Å². The number of hydrogen-bond acceptors (Lipinski definition) is 2. The SMILES string of the molecule is NCCc1cc(F)ccc1Sc1ccc(Cl)c(Cl)c1. The Kier molecular flexibility index (Phi) is 5.11. The molecule has 2 aromatic rings. The summed E-state index contributed by atoms with van der Waals surface area (Å²) in [6.45, 7) is 0.485. The third-order valence-corrected chi connectivity index (χ3v) is 4.40. The van der Waals surface area contributed by atoms with E-state index in [4.69, 9.17) is 28.9 Å². The largest absolute Gasteiger partial charge is 0.330 e. The van der Waals surface area contributed by atoms with Gasteiger partial charge < -0.3 is 5.73 Å². The molecule has 0 aliphatic rings. The second kappa shape index (κ2) is 6.62. The second-order valence-electron chi connectivity index (χ2n) is 3.97. The van der Waals surface area contributed by atoms with Crippen LogP contribution in [0.1, 0.15) is 5.56 Å². The van der Waals surface area contributed by atoms with Gasteiger partial charge in [-0.05, 0) is 54.9 Å². The van der Waals surface area contributed by atoms with E-state index in [2.05, 4.69) is 0 Å². The van der Waals surface area contributed by atoms with E-state index in [-0.39, 0.29) is 5.82 Å². The molecule has 0 atom stereocenters. The lowest BCUT2D eigenvalue weighted by molar-refractivity contribution is 0.623. The minimum absolute atomic E-state index is 0.248. The predicted molar refractivity (Wildman–Crippen MR) is 79.7 cm³/mol. The van der Waals surface area contributed by atoms with Gasteiger partial charge in [-0.2, -0.15) is 0 Å². The van der Waals surface area contributed by atoms with Crippen LogP contribution >= 0.6 is 35.0 Å². The summed E-state index contributed by atoms with van der Waals surface area (Å²) in [6.07, 6.45) is 0.640. The first-order valence-electron chi connectivity index (χ1n) is 5.71. The van der Waals surface area contributed by atoms with Gasteiger partial charge in [-0.15, -0.1) is 0 Å². The normalized spacial score (nSPS) is 10.7. The maximum Gasteiger partial charge on any atom is 0.123 e. The van der Waals surface area contributed by atoms with Gasteiger partial charge in [0.25, 0.3) is 0 Å². The Labute approximate surface area is 125 Å². The Hall–Kier alpha value is -0.740. The summed E-state index contributed by atoms with van der Waals surface area (Å²) < 4.78 is 13.2. The van der Waals surface area contributed by atoms with Crippen molar-refractivity contribution in [1.29, 1.82) is 0 Å². The van der Waals surface area contributed by atoms with E-state index < -0.39 is 0 Å². The molecule has 0 aliphatic carbocycles. The molecule has 0 aromatic heterocycles. The molecule has 2 N–H and O–H groups in total. The van der Waals surface area contributed by atoms with Crippen LogP contribution in [-0.2, 0) is 6.42 Å². The highest BCUT2D eigenvalue weighted by atomic mass is 35.5. The predicted octanol–water partition coefficient (Wildman–Crippen LogP) is 4.78. The first-order chi connectivity index (χ1) is 9.10. The molecule has 0 radical (unpaired) electrons. The third-order valence-electron chi connectivity index (χ3n) is 2.56. The molecule has 0 fully saturated rings. The summed E-state index contributed by atoms with van der Waals surface area (Å²) >= 11 is 13.4. The average Bonchev–Trinajstić information content (AvgIpc) is 2.37. The van der Waals surface area contributed by atoms with Crippen molar-refractivity contribution in [2.24, 2.45) is 5.73 Å². The maximum absolute atomic E-state index is 13.2. The first-order valence-corrected chi connectivity index (χ1v) is 7.29. The van der Waals surface area contributed by atoms with Crippen molar-refractivity contribution in [3.05, 3.63) is 57.8 Å². The summed E-state index contributed by atoms with van der Waals surface area (Å²) in [5.41, 5.74) is 6.45. The van der Waals surface area contributed by atoms with Gasteiger partial charge >= 0.3 is 0 Å². The highest BCUT2D eigenvalue weighted by Gasteiger charge is 2.07. The molecule has 5 heteroatoms. The molecular weight excluding hydrogens is 304 g/mol. The quantitative estimate of drug-likeness (QED) is 0.878. The molecule has 0 amide bonds. The van der Waals surface area contributed by atoms with E-state index in [0.717, 1.165) is 15.4 Å². The Bertz CT molecular complexity index is 590. The van der Waals surface area contributed by atoms with E-state index in [0.29, 0.717) is 23.0 Å². The zero-order valence-corrected chi connectivity index (χ0v) is 12.3. The van der Waals surface area contributed by atoms with Crippen LogP contribution in [0.2, 0.25) is 10.0 Å². The van der Waals surface area contributed by atoms with Crippen LogP contribution in [0.4, 0.5) is 4.39 Å². The van der Waals surface area contributed by atoms with Crippen molar-refractivity contribution in [2.45, 2.75) is 16.2 Å².